The maximum Gasteiger partial charge on any atom is 0.214 e. The van der Waals surface area contributed by atoms with Crippen molar-refractivity contribution in [3.05, 3.63) is 94.2 Å². The van der Waals surface area contributed by atoms with E-state index in [1.807, 2.05) is 54.7 Å². The largest absolute Gasteiger partial charge is 0.497 e. The Kier molecular flexibility index (Phi) is 5.43. The molecule has 158 valence electrons. The molecule has 8 heteroatoms. The van der Waals surface area contributed by atoms with E-state index in [0.29, 0.717) is 39.3 Å². The van der Waals surface area contributed by atoms with Gasteiger partial charge < -0.3 is 9.30 Å². The fraction of sp³-hybridized carbons (Fsp3) is 0.0833. The molecule has 5 aromatic rings. The maximum absolute atomic E-state index is 13.5. The van der Waals surface area contributed by atoms with E-state index >= 15 is 0 Å². The van der Waals surface area contributed by atoms with Gasteiger partial charge >= 0.3 is 0 Å². The summed E-state index contributed by atoms with van der Waals surface area (Å²) >= 11 is 7.39. The first kappa shape index (κ1) is 20.4. The van der Waals surface area contributed by atoms with Crippen LogP contribution < -0.4 is 4.74 Å². The molecule has 0 radical (unpaired) electrons. The van der Waals surface area contributed by atoms with Gasteiger partial charge in [-0.2, -0.15) is 5.10 Å². The van der Waals surface area contributed by atoms with Gasteiger partial charge in [-0.3, -0.25) is 4.79 Å². The predicted molar refractivity (Wildman–Crippen MR) is 126 cm³/mol. The summed E-state index contributed by atoms with van der Waals surface area (Å²) in [6, 6.07) is 17.0. The van der Waals surface area contributed by atoms with Crippen LogP contribution in [0.25, 0.3) is 21.6 Å². The Labute approximate surface area is 193 Å². The standard InChI is InChI=1S/C24H17ClN4O2S/c1-31-17-8-9-22-18(11-17)19(13-29(22)12-15-4-6-16(25)7-5-15)23(30)21-14-32-24(27-21)20-3-2-10-26-28-20/h2-11,13-14H,12H2,1H3. The molecule has 5 rings (SSSR count). The smallest absolute Gasteiger partial charge is 0.214 e. The zero-order chi connectivity index (χ0) is 22.1. The van der Waals surface area contributed by atoms with Gasteiger partial charge in [0.2, 0.25) is 5.78 Å². The highest BCUT2D eigenvalue weighted by molar-refractivity contribution is 7.13. The van der Waals surface area contributed by atoms with Crippen LogP contribution in [0.15, 0.2) is 72.4 Å². The normalized spacial score (nSPS) is 11.1. The molecule has 0 aliphatic rings. The van der Waals surface area contributed by atoms with Gasteiger partial charge in [0.05, 0.1) is 7.11 Å². The highest BCUT2D eigenvalue weighted by Crippen LogP contribution is 2.30. The van der Waals surface area contributed by atoms with Crippen LogP contribution in [0.3, 0.4) is 0 Å². The fourth-order valence-corrected chi connectivity index (χ4v) is 4.44. The van der Waals surface area contributed by atoms with E-state index in [1.54, 1.807) is 24.8 Å². The third-order valence-corrected chi connectivity index (χ3v) is 6.24. The number of halogens is 1. The molecule has 2 aromatic carbocycles. The minimum atomic E-state index is -0.149. The number of hydrogen-bond acceptors (Lipinski definition) is 6. The van der Waals surface area contributed by atoms with Crippen molar-refractivity contribution >= 4 is 39.6 Å². The van der Waals surface area contributed by atoms with Gasteiger partial charge in [0, 0.05) is 45.8 Å². The number of carbonyl (C=O) groups is 1. The Morgan fingerprint density at radius 3 is 2.75 bits per heavy atom. The van der Waals surface area contributed by atoms with Crippen LogP contribution in [0.4, 0.5) is 0 Å². The van der Waals surface area contributed by atoms with Crippen LogP contribution in [0.2, 0.25) is 5.02 Å². The quantitative estimate of drug-likeness (QED) is 0.313. The van der Waals surface area contributed by atoms with E-state index in [1.165, 1.54) is 11.3 Å². The molecular weight excluding hydrogens is 444 g/mol. The molecule has 0 saturated carbocycles. The summed E-state index contributed by atoms with van der Waals surface area (Å²) in [4.78, 5) is 18.0. The zero-order valence-electron chi connectivity index (χ0n) is 17.0. The lowest BCUT2D eigenvalue weighted by Crippen LogP contribution is -2.02. The number of nitrogens with zero attached hydrogens (tertiary/aromatic N) is 4. The summed E-state index contributed by atoms with van der Waals surface area (Å²) in [6.07, 6.45) is 3.48. The SMILES string of the molecule is COc1ccc2c(c1)c(C(=O)c1csc(-c3cccnn3)n1)cn2Cc1ccc(Cl)cc1. The first-order valence-electron chi connectivity index (χ1n) is 9.82. The van der Waals surface area contributed by atoms with Gasteiger partial charge in [-0.15, -0.1) is 16.4 Å². The molecule has 0 fully saturated rings. The lowest BCUT2D eigenvalue weighted by Gasteiger charge is -2.06. The van der Waals surface area contributed by atoms with Crippen molar-refractivity contribution in [2.75, 3.05) is 7.11 Å². The Bertz CT molecular complexity index is 1410. The summed E-state index contributed by atoms with van der Waals surface area (Å²) in [5.41, 5.74) is 3.62. The van der Waals surface area contributed by atoms with E-state index in [0.717, 1.165) is 16.5 Å². The summed E-state index contributed by atoms with van der Waals surface area (Å²) in [5.74, 6) is 0.541. The molecular formula is C24H17ClN4O2S. The van der Waals surface area contributed by atoms with Crippen molar-refractivity contribution in [2.24, 2.45) is 0 Å². The molecule has 0 saturated heterocycles. The van der Waals surface area contributed by atoms with E-state index in [2.05, 4.69) is 19.7 Å². The van der Waals surface area contributed by atoms with E-state index in [4.69, 9.17) is 16.3 Å². The van der Waals surface area contributed by atoms with E-state index in [9.17, 15) is 4.79 Å². The number of rotatable bonds is 6. The van der Waals surface area contributed by atoms with Crippen LogP contribution in [-0.2, 0) is 6.54 Å². The van der Waals surface area contributed by atoms with Crippen molar-refractivity contribution < 1.29 is 9.53 Å². The fourth-order valence-electron chi connectivity index (χ4n) is 3.55. The Balaban J connectivity index is 1.56. The molecule has 6 nitrogen and oxygen atoms in total. The first-order chi connectivity index (χ1) is 15.6. The number of ether oxygens (including phenoxy) is 1. The minimum absolute atomic E-state index is 0.149. The molecule has 0 spiro atoms. The summed E-state index contributed by atoms with van der Waals surface area (Å²) in [6.45, 7) is 0.606. The topological polar surface area (TPSA) is 69.9 Å². The Morgan fingerprint density at radius 2 is 2.00 bits per heavy atom. The number of aromatic nitrogens is 4. The number of benzene rings is 2. The highest BCUT2D eigenvalue weighted by Gasteiger charge is 2.20. The molecule has 0 unspecified atom stereocenters. The third-order valence-electron chi connectivity index (χ3n) is 5.13. The minimum Gasteiger partial charge on any atom is -0.497 e. The molecule has 32 heavy (non-hydrogen) atoms. The molecule has 3 heterocycles. The lowest BCUT2D eigenvalue weighted by molar-refractivity contribution is 0.103. The summed E-state index contributed by atoms with van der Waals surface area (Å²) in [5, 5.41) is 11.9. The summed E-state index contributed by atoms with van der Waals surface area (Å²) < 4.78 is 7.46. The van der Waals surface area contributed by atoms with Crippen molar-refractivity contribution in [2.45, 2.75) is 6.54 Å². The van der Waals surface area contributed by atoms with E-state index in [-0.39, 0.29) is 5.78 Å². The van der Waals surface area contributed by atoms with Gasteiger partial charge in [0.25, 0.3) is 0 Å². The second kappa shape index (κ2) is 8.53. The molecule has 0 atom stereocenters. The van der Waals surface area contributed by atoms with Gasteiger partial charge in [-0.25, -0.2) is 4.98 Å². The number of hydrogen-bond donors (Lipinski definition) is 0. The summed E-state index contributed by atoms with van der Waals surface area (Å²) in [7, 11) is 1.61. The van der Waals surface area contributed by atoms with Crippen molar-refractivity contribution in [1.82, 2.24) is 19.7 Å². The number of thiazole rings is 1. The number of carbonyl (C=O) groups excluding carboxylic acids is 1. The average Bonchev–Trinajstić information content (AvgIpc) is 3.46. The van der Waals surface area contributed by atoms with Crippen LogP contribution in [0.1, 0.15) is 21.6 Å². The predicted octanol–water partition coefficient (Wildman–Crippen LogP) is 5.50. The Hall–Kier alpha value is -3.55. The van der Waals surface area contributed by atoms with Gasteiger partial charge in [-0.1, -0.05) is 23.7 Å². The van der Waals surface area contributed by atoms with Crippen molar-refractivity contribution in [1.29, 1.82) is 0 Å². The number of methoxy groups -OCH3 is 1. The van der Waals surface area contributed by atoms with Crippen LogP contribution in [-0.4, -0.2) is 32.6 Å². The van der Waals surface area contributed by atoms with Gasteiger partial charge in [-0.05, 0) is 48.0 Å². The van der Waals surface area contributed by atoms with Crippen LogP contribution >= 0.6 is 22.9 Å². The third kappa shape index (κ3) is 3.88. The Morgan fingerprint density at radius 1 is 1.16 bits per heavy atom. The maximum atomic E-state index is 13.5. The molecule has 3 aromatic heterocycles. The highest BCUT2D eigenvalue weighted by atomic mass is 35.5. The number of fused-ring (bicyclic) bond motifs is 1. The van der Waals surface area contributed by atoms with Crippen molar-refractivity contribution in [3.8, 4) is 16.5 Å². The zero-order valence-corrected chi connectivity index (χ0v) is 18.6. The average molecular weight is 461 g/mol. The molecule has 0 aliphatic carbocycles. The van der Waals surface area contributed by atoms with Crippen LogP contribution in [0, 0.1) is 0 Å². The number of ketones is 1. The monoisotopic (exact) mass is 460 g/mol. The second-order valence-corrected chi connectivity index (χ2v) is 8.45. The molecule has 0 amide bonds. The van der Waals surface area contributed by atoms with Gasteiger partial charge in [0.1, 0.15) is 22.1 Å². The first-order valence-corrected chi connectivity index (χ1v) is 11.1. The molecule has 0 bridgehead atoms. The molecule has 0 aliphatic heterocycles. The molecule has 0 N–H and O–H groups in total. The van der Waals surface area contributed by atoms with Crippen molar-refractivity contribution in [3.63, 3.8) is 0 Å². The van der Waals surface area contributed by atoms with E-state index < -0.39 is 0 Å². The van der Waals surface area contributed by atoms with Gasteiger partial charge in [0.15, 0.2) is 0 Å². The van der Waals surface area contributed by atoms with Crippen LogP contribution in [0.5, 0.6) is 5.75 Å². The second-order valence-electron chi connectivity index (χ2n) is 7.16. The lowest BCUT2D eigenvalue weighted by atomic mass is 10.1.